The van der Waals surface area contributed by atoms with Crippen LogP contribution in [0.1, 0.15) is 11.1 Å². The molecule has 1 aliphatic rings. The maximum absolute atomic E-state index is 12.4. The van der Waals surface area contributed by atoms with Crippen molar-refractivity contribution in [3.05, 3.63) is 89.6 Å². The molecule has 7 heteroatoms. The smallest absolute Gasteiger partial charge is 0.254 e. The lowest BCUT2D eigenvalue weighted by molar-refractivity contribution is -0.124. The van der Waals surface area contributed by atoms with Crippen LogP contribution in [-0.2, 0) is 22.8 Å². The molecule has 2 aromatic carbocycles. The van der Waals surface area contributed by atoms with Crippen LogP contribution in [0.25, 0.3) is 0 Å². The van der Waals surface area contributed by atoms with Gasteiger partial charge in [-0.15, -0.1) is 0 Å². The van der Waals surface area contributed by atoms with Crippen LogP contribution in [0.15, 0.2) is 83.7 Å². The summed E-state index contributed by atoms with van der Waals surface area (Å²) in [5.41, 5.74) is 0.838. The molecule has 7 nitrogen and oxygen atoms in total. The Kier molecular flexibility index (Phi) is 7.10. The Hall–Kier alpha value is -3.58. The van der Waals surface area contributed by atoms with Gasteiger partial charge in [0, 0.05) is 26.8 Å². The minimum atomic E-state index is -1.54. The van der Waals surface area contributed by atoms with Crippen LogP contribution in [0.4, 0.5) is 0 Å². The van der Waals surface area contributed by atoms with E-state index in [1.54, 1.807) is 38.4 Å². The molecule has 3 rings (SSSR count). The second-order valence-corrected chi connectivity index (χ2v) is 7.37. The summed E-state index contributed by atoms with van der Waals surface area (Å²) >= 11 is 0. The largest absolute Gasteiger partial charge is 0.497 e. The molecule has 0 fully saturated rings. The number of likely N-dealkylation sites (N-methyl/N-ethyl adjacent to an activating group) is 1. The van der Waals surface area contributed by atoms with E-state index in [0.717, 1.165) is 16.9 Å². The van der Waals surface area contributed by atoms with Crippen molar-refractivity contribution < 1.29 is 19.5 Å². The van der Waals surface area contributed by atoms with E-state index >= 15 is 0 Å². The number of methoxy groups -OCH3 is 1. The summed E-state index contributed by atoms with van der Waals surface area (Å²) < 4.78 is 5.14. The van der Waals surface area contributed by atoms with Crippen molar-refractivity contribution in [1.29, 1.82) is 0 Å². The highest BCUT2D eigenvalue weighted by atomic mass is 16.6. The zero-order valence-corrected chi connectivity index (χ0v) is 17.9. The number of carbonyl (C=O) groups excluding carboxylic acids is 1. The summed E-state index contributed by atoms with van der Waals surface area (Å²) in [5, 5.41) is 15.2. The first-order valence-corrected chi connectivity index (χ1v) is 9.86. The van der Waals surface area contributed by atoms with Gasteiger partial charge in [-0.25, -0.2) is 0 Å². The second kappa shape index (κ2) is 9.95. The summed E-state index contributed by atoms with van der Waals surface area (Å²) in [6.07, 6.45) is 6.10. The zero-order chi connectivity index (χ0) is 22.3. The van der Waals surface area contributed by atoms with Gasteiger partial charge in [-0.1, -0.05) is 47.6 Å². The van der Waals surface area contributed by atoms with Gasteiger partial charge in [0.2, 0.25) is 0 Å². The molecule has 0 spiro atoms. The van der Waals surface area contributed by atoms with Crippen LogP contribution in [0, 0.1) is 0 Å². The number of amides is 1. The average Bonchev–Trinajstić information content (AvgIpc) is 2.79. The third-order valence-corrected chi connectivity index (χ3v) is 4.82. The maximum Gasteiger partial charge on any atom is 0.254 e. The number of ether oxygens (including phenoxy) is 1. The summed E-state index contributed by atoms with van der Waals surface area (Å²) in [7, 11) is 4.99. The van der Waals surface area contributed by atoms with E-state index in [4.69, 9.17) is 9.57 Å². The Balaban J connectivity index is 1.74. The summed E-state index contributed by atoms with van der Waals surface area (Å²) in [4.78, 5) is 20.9. The van der Waals surface area contributed by atoms with Gasteiger partial charge in [0.25, 0.3) is 5.91 Å². The van der Waals surface area contributed by atoms with Crippen molar-refractivity contribution in [3.8, 4) is 5.75 Å². The summed E-state index contributed by atoms with van der Waals surface area (Å²) in [6, 6.07) is 17.1. The van der Waals surface area contributed by atoms with Crippen molar-refractivity contribution >= 4 is 12.1 Å². The second-order valence-electron chi connectivity index (χ2n) is 7.37. The molecule has 0 bridgehead atoms. The molecule has 0 saturated heterocycles. The van der Waals surface area contributed by atoms with Crippen molar-refractivity contribution in [2.75, 3.05) is 21.2 Å². The molecular weight excluding hydrogens is 394 g/mol. The zero-order valence-electron chi connectivity index (χ0n) is 17.9. The standard InChI is InChI=1S/C24H27N3O4/c1-26(2)23(28)21-13-14-24(29,27(16-21)15-19-7-5-4-6-8-19)18-25-31-17-20-9-11-22(30-3)12-10-20/h4-14,16,18,29H,15,17H2,1-3H3. The molecule has 1 unspecified atom stereocenters. The Morgan fingerprint density at radius 3 is 2.48 bits per heavy atom. The molecule has 1 heterocycles. The number of benzene rings is 2. The first-order valence-electron chi connectivity index (χ1n) is 9.86. The number of oxime groups is 1. The van der Waals surface area contributed by atoms with E-state index in [1.807, 2.05) is 54.6 Å². The lowest BCUT2D eigenvalue weighted by Crippen LogP contribution is -2.47. The Morgan fingerprint density at radius 1 is 1.13 bits per heavy atom. The van der Waals surface area contributed by atoms with Gasteiger partial charge < -0.3 is 24.5 Å². The van der Waals surface area contributed by atoms with Crippen molar-refractivity contribution in [3.63, 3.8) is 0 Å². The molecule has 1 amide bonds. The molecule has 1 atom stereocenters. The van der Waals surface area contributed by atoms with Crippen LogP contribution in [0.5, 0.6) is 5.75 Å². The van der Waals surface area contributed by atoms with Gasteiger partial charge in [0.15, 0.2) is 5.72 Å². The molecule has 0 saturated carbocycles. The fraction of sp³-hybridized carbons (Fsp3) is 0.250. The Labute approximate surface area is 182 Å². The number of carbonyl (C=O) groups is 1. The van der Waals surface area contributed by atoms with Gasteiger partial charge in [-0.05, 0) is 35.4 Å². The fourth-order valence-corrected chi connectivity index (χ4v) is 3.03. The normalized spacial score (nSPS) is 18.1. The fourth-order valence-electron chi connectivity index (χ4n) is 3.03. The van der Waals surface area contributed by atoms with Crippen LogP contribution < -0.4 is 4.74 Å². The minimum absolute atomic E-state index is 0.149. The lowest BCUT2D eigenvalue weighted by Gasteiger charge is -2.36. The monoisotopic (exact) mass is 421 g/mol. The van der Waals surface area contributed by atoms with E-state index in [-0.39, 0.29) is 12.5 Å². The van der Waals surface area contributed by atoms with Gasteiger partial charge in [-0.3, -0.25) is 4.79 Å². The van der Waals surface area contributed by atoms with Crippen molar-refractivity contribution in [2.45, 2.75) is 18.9 Å². The lowest BCUT2D eigenvalue weighted by atomic mass is 10.0. The Morgan fingerprint density at radius 2 is 1.84 bits per heavy atom. The predicted molar refractivity (Wildman–Crippen MR) is 119 cm³/mol. The number of rotatable bonds is 8. The van der Waals surface area contributed by atoms with Crippen LogP contribution in [0.2, 0.25) is 0 Å². The SMILES string of the molecule is COc1ccc(CON=CC2(O)C=CC(C(=O)N(C)C)=CN2Cc2ccccc2)cc1. The highest BCUT2D eigenvalue weighted by Gasteiger charge is 2.33. The van der Waals surface area contributed by atoms with Gasteiger partial charge in [0.05, 0.1) is 12.7 Å². The number of nitrogens with zero attached hydrogens (tertiary/aromatic N) is 3. The van der Waals surface area contributed by atoms with Crippen LogP contribution in [0.3, 0.4) is 0 Å². The molecule has 0 radical (unpaired) electrons. The van der Waals surface area contributed by atoms with E-state index in [9.17, 15) is 9.90 Å². The molecule has 0 aliphatic carbocycles. The number of aliphatic hydroxyl groups is 1. The van der Waals surface area contributed by atoms with Crippen LogP contribution in [-0.4, -0.2) is 54.0 Å². The average molecular weight is 421 g/mol. The molecule has 1 aliphatic heterocycles. The molecule has 162 valence electrons. The predicted octanol–water partition coefficient (Wildman–Crippen LogP) is 2.93. The molecule has 2 aromatic rings. The van der Waals surface area contributed by atoms with Crippen molar-refractivity contribution in [2.24, 2.45) is 5.16 Å². The summed E-state index contributed by atoms with van der Waals surface area (Å²) in [5.74, 6) is 0.615. The van der Waals surface area contributed by atoms with Gasteiger partial charge >= 0.3 is 0 Å². The highest BCUT2D eigenvalue weighted by Crippen LogP contribution is 2.24. The van der Waals surface area contributed by atoms with Gasteiger partial charge in [0.1, 0.15) is 18.6 Å². The minimum Gasteiger partial charge on any atom is -0.497 e. The first kappa shape index (κ1) is 22.1. The maximum atomic E-state index is 12.4. The van der Waals surface area contributed by atoms with E-state index in [2.05, 4.69) is 5.16 Å². The van der Waals surface area contributed by atoms with Crippen LogP contribution >= 0.6 is 0 Å². The molecule has 31 heavy (non-hydrogen) atoms. The first-order chi connectivity index (χ1) is 14.9. The van der Waals surface area contributed by atoms with E-state index in [0.29, 0.717) is 12.1 Å². The Bertz CT molecular complexity index is 968. The topological polar surface area (TPSA) is 74.6 Å². The van der Waals surface area contributed by atoms with Gasteiger partial charge in [-0.2, -0.15) is 0 Å². The van der Waals surface area contributed by atoms with Crippen molar-refractivity contribution in [1.82, 2.24) is 9.80 Å². The van der Waals surface area contributed by atoms with E-state index < -0.39 is 5.72 Å². The molecule has 1 N–H and O–H groups in total. The van der Waals surface area contributed by atoms with E-state index in [1.165, 1.54) is 17.2 Å². The quantitative estimate of drug-likeness (QED) is 0.524. The summed E-state index contributed by atoms with van der Waals surface area (Å²) in [6.45, 7) is 0.634. The number of hydrogen-bond acceptors (Lipinski definition) is 6. The third-order valence-electron chi connectivity index (χ3n) is 4.82. The highest BCUT2D eigenvalue weighted by molar-refractivity contribution is 5.96. The number of hydrogen-bond donors (Lipinski definition) is 1. The third kappa shape index (κ3) is 5.73. The molecule has 0 aromatic heterocycles. The molecular formula is C24H27N3O4.